The number of nitrogens with zero attached hydrogens (tertiary/aromatic N) is 3. The maximum Gasteiger partial charge on any atom is 0.273 e. The summed E-state index contributed by atoms with van der Waals surface area (Å²) in [7, 11) is 0. The highest BCUT2D eigenvalue weighted by Crippen LogP contribution is 2.21. The lowest BCUT2D eigenvalue weighted by atomic mass is 10.1. The second-order valence-electron chi connectivity index (χ2n) is 6.39. The minimum atomic E-state index is -0.232. The van der Waals surface area contributed by atoms with Crippen LogP contribution in [0, 0.1) is 0 Å². The normalized spacial score (nSPS) is 10.7. The molecule has 0 aliphatic rings. The largest absolute Gasteiger partial charge is 0.321 e. The summed E-state index contributed by atoms with van der Waals surface area (Å²) in [5.41, 5.74) is 3.74. The van der Waals surface area contributed by atoms with Crippen molar-refractivity contribution in [3.63, 3.8) is 0 Å². The molecular weight excluding hydrogens is 452 g/mol. The van der Waals surface area contributed by atoms with E-state index in [1.807, 2.05) is 60.7 Å². The summed E-state index contributed by atoms with van der Waals surface area (Å²) in [5.74, 6) is -0.232. The van der Waals surface area contributed by atoms with Crippen molar-refractivity contribution in [1.82, 2.24) is 14.8 Å². The van der Waals surface area contributed by atoms with Crippen molar-refractivity contribution >= 4 is 39.1 Å². The van der Waals surface area contributed by atoms with E-state index in [4.69, 9.17) is 11.6 Å². The summed E-state index contributed by atoms with van der Waals surface area (Å²) < 4.78 is 2.63. The molecule has 4 rings (SSSR count). The average Bonchev–Trinajstić information content (AvgIpc) is 3.16. The Hall–Kier alpha value is -2.96. The fourth-order valence-corrected chi connectivity index (χ4v) is 3.25. The Morgan fingerprint density at radius 3 is 2.48 bits per heavy atom. The molecule has 2 aromatic carbocycles. The van der Waals surface area contributed by atoms with Crippen molar-refractivity contribution in [3.05, 3.63) is 99.9 Å². The topological polar surface area (TPSA) is 59.8 Å². The molecule has 2 aromatic heterocycles. The second-order valence-corrected chi connectivity index (χ2v) is 7.69. The Labute approximate surface area is 181 Å². The van der Waals surface area contributed by atoms with Crippen LogP contribution in [-0.2, 0) is 6.54 Å². The van der Waals surface area contributed by atoms with Gasteiger partial charge in [-0.1, -0.05) is 63.9 Å². The molecule has 7 heteroatoms. The molecule has 0 radical (unpaired) electrons. The van der Waals surface area contributed by atoms with Crippen LogP contribution < -0.4 is 5.32 Å². The van der Waals surface area contributed by atoms with Gasteiger partial charge in [0.2, 0.25) is 0 Å². The van der Waals surface area contributed by atoms with E-state index in [-0.39, 0.29) is 5.91 Å². The van der Waals surface area contributed by atoms with Gasteiger partial charge in [-0.3, -0.25) is 9.48 Å². The van der Waals surface area contributed by atoms with Gasteiger partial charge in [0.05, 0.1) is 12.2 Å². The number of hydrogen-bond donors (Lipinski definition) is 1. The Bertz CT molecular complexity index is 1130. The number of rotatable bonds is 5. The molecule has 0 atom stereocenters. The SMILES string of the molecule is O=C(Nc1ccc(Br)cc1)c1cc(-c2ccccc2)nn1Cc1ccc(Cl)nc1. The number of carbonyl (C=O) groups excluding carboxylic acids is 1. The van der Waals surface area contributed by atoms with Crippen LogP contribution in [0.3, 0.4) is 0 Å². The zero-order valence-corrected chi connectivity index (χ0v) is 17.6. The van der Waals surface area contributed by atoms with Crippen molar-refractivity contribution < 1.29 is 4.79 Å². The van der Waals surface area contributed by atoms with Gasteiger partial charge in [0.1, 0.15) is 10.8 Å². The second kappa shape index (κ2) is 8.59. The molecule has 0 bridgehead atoms. The van der Waals surface area contributed by atoms with E-state index in [9.17, 15) is 4.79 Å². The molecule has 0 unspecified atom stereocenters. The highest BCUT2D eigenvalue weighted by atomic mass is 79.9. The third-order valence-corrected chi connectivity index (χ3v) is 5.06. The molecule has 0 spiro atoms. The number of pyridine rings is 1. The van der Waals surface area contributed by atoms with Crippen molar-refractivity contribution in [2.24, 2.45) is 0 Å². The highest BCUT2D eigenvalue weighted by molar-refractivity contribution is 9.10. The maximum atomic E-state index is 13.0. The van der Waals surface area contributed by atoms with E-state index in [1.165, 1.54) is 0 Å². The molecular formula is C22H16BrClN4O. The van der Waals surface area contributed by atoms with E-state index in [1.54, 1.807) is 23.0 Å². The Morgan fingerprint density at radius 2 is 1.79 bits per heavy atom. The van der Waals surface area contributed by atoms with E-state index >= 15 is 0 Å². The summed E-state index contributed by atoms with van der Waals surface area (Å²) in [5, 5.41) is 8.01. The molecule has 29 heavy (non-hydrogen) atoms. The number of benzene rings is 2. The number of amides is 1. The summed E-state index contributed by atoms with van der Waals surface area (Å²) in [6.07, 6.45) is 1.68. The molecule has 2 heterocycles. The monoisotopic (exact) mass is 466 g/mol. The molecule has 0 saturated heterocycles. The number of anilines is 1. The highest BCUT2D eigenvalue weighted by Gasteiger charge is 2.17. The van der Waals surface area contributed by atoms with Crippen LogP contribution >= 0.6 is 27.5 Å². The first-order chi connectivity index (χ1) is 14.1. The predicted molar refractivity (Wildman–Crippen MR) is 118 cm³/mol. The van der Waals surface area contributed by atoms with Gasteiger partial charge in [0.15, 0.2) is 0 Å². The lowest BCUT2D eigenvalue weighted by Crippen LogP contribution is -2.18. The van der Waals surface area contributed by atoms with Gasteiger partial charge in [0, 0.05) is 21.9 Å². The molecule has 0 aliphatic carbocycles. The number of nitrogens with one attached hydrogen (secondary N) is 1. The number of carbonyl (C=O) groups is 1. The van der Waals surface area contributed by atoms with Gasteiger partial charge < -0.3 is 5.32 Å². The fourth-order valence-electron chi connectivity index (χ4n) is 2.87. The smallest absolute Gasteiger partial charge is 0.273 e. The quantitative estimate of drug-likeness (QED) is 0.385. The van der Waals surface area contributed by atoms with Crippen molar-refractivity contribution in [2.45, 2.75) is 6.54 Å². The van der Waals surface area contributed by atoms with Crippen LogP contribution in [0.25, 0.3) is 11.3 Å². The number of hydrogen-bond acceptors (Lipinski definition) is 3. The Morgan fingerprint density at radius 1 is 1.03 bits per heavy atom. The van der Waals surface area contributed by atoms with E-state index in [2.05, 4.69) is 31.3 Å². The number of aromatic nitrogens is 3. The minimum absolute atomic E-state index is 0.232. The van der Waals surface area contributed by atoms with E-state index < -0.39 is 0 Å². The lowest BCUT2D eigenvalue weighted by molar-refractivity contribution is 0.101. The van der Waals surface area contributed by atoms with Crippen molar-refractivity contribution in [1.29, 1.82) is 0 Å². The Kier molecular flexibility index (Phi) is 5.74. The molecule has 4 aromatic rings. The first-order valence-electron chi connectivity index (χ1n) is 8.89. The standard InChI is InChI=1S/C22H16BrClN4O/c23-17-7-9-18(10-8-17)26-22(29)20-12-19(16-4-2-1-3-5-16)27-28(20)14-15-6-11-21(24)25-13-15/h1-13H,14H2,(H,26,29). The van der Waals surface area contributed by atoms with Gasteiger partial charge in [-0.15, -0.1) is 0 Å². The zero-order valence-electron chi connectivity index (χ0n) is 15.2. The molecule has 0 saturated carbocycles. The van der Waals surface area contributed by atoms with Gasteiger partial charge in [-0.05, 0) is 42.0 Å². The van der Waals surface area contributed by atoms with Crippen molar-refractivity contribution in [2.75, 3.05) is 5.32 Å². The van der Waals surface area contributed by atoms with Crippen LogP contribution in [-0.4, -0.2) is 20.7 Å². The van der Waals surface area contributed by atoms with Gasteiger partial charge in [-0.25, -0.2) is 4.98 Å². The lowest BCUT2D eigenvalue weighted by Gasteiger charge is -2.08. The predicted octanol–water partition coefficient (Wildman–Crippen LogP) is 5.66. The van der Waals surface area contributed by atoms with Gasteiger partial charge in [0.25, 0.3) is 5.91 Å². The molecule has 1 N–H and O–H groups in total. The summed E-state index contributed by atoms with van der Waals surface area (Å²) in [6.45, 7) is 0.403. The van der Waals surface area contributed by atoms with Crippen LogP contribution in [0.15, 0.2) is 83.5 Å². The third-order valence-electron chi connectivity index (χ3n) is 4.31. The first kappa shape index (κ1) is 19.4. The van der Waals surface area contributed by atoms with Crippen molar-refractivity contribution in [3.8, 4) is 11.3 Å². The minimum Gasteiger partial charge on any atom is -0.321 e. The zero-order chi connectivity index (χ0) is 20.2. The van der Waals surface area contributed by atoms with E-state index in [0.29, 0.717) is 23.1 Å². The van der Waals surface area contributed by atoms with Crippen LogP contribution in [0.2, 0.25) is 5.15 Å². The average molecular weight is 468 g/mol. The van der Waals surface area contributed by atoms with Crippen LogP contribution in [0.1, 0.15) is 16.1 Å². The number of halogens is 2. The van der Waals surface area contributed by atoms with Gasteiger partial charge in [-0.2, -0.15) is 5.10 Å². The Balaban J connectivity index is 1.67. The van der Waals surface area contributed by atoms with Crippen LogP contribution in [0.4, 0.5) is 5.69 Å². The first-order valence-corrected chi connectivity index (χ1v) is 10.1. The third kappa shape index (κ3) is 4.72. The van der Waals surface area contributed by atoms with Crippen LogP contribution in [0.5, 0.6) is 0 Å². The molecule has 5 nitrogen and oxygen atoms in total. The maximum absolute atomic E-state index is 13.0. The summed E-state index contributed by atoms with van der Waals surface area (Å²) in [6, 6.07) is 22.6. The summed E-state index contributed by atoms with van der Waals surface area (Å²) in [4.78, 5) is 17.1. The fraction of sp³-hybridized carbons (Fsp3) is 0.0455. The molecule has 0 aliphatic heterocycles. The molecule has 144 valence electrons. The van der Waals surface area contributed by atoms with E-state index in [0.717, 1.165) is 21.3 Å². The summed E-state index contributed by atoms with van der Waals surface area (Å²) >= 11 is 9.28. The molecule has 0 fully saturated rings. The van der Waals surface area contributed by atoms with Gasteiger partial charge >= 0.3 is 0 Å². The molecule has 1 amide bonds.